The van der Waals surface area contributed by atoms with Gasteiger partial charge in [0.15, 0.2) is 5.69 Å². The topological polar surface area (TPSA) is 43.2 Å². The number of hydrogen-bond acceptors (Lipinski definition) is 4. The number of likely N-dealkylation sites (N-methyl/N-ethyl adjacent to an activating group) is 2. The smallest absolute Gasteiger partial charge is 0.163 e. The highest BCUT2D eigenvalue weighted by molar-refractivity contribution is 5.55. The highest BCUT2D eigenvalue weighted by atomic mass is 15.2. The molecule has 18 heavy (non-hydrogen) atoms. The lowest BCUT2D eigenvalue weighted by Crippen LogP contribution is -2.39. The molecule has 1 atom stereocenters. The van der Waals surface area contributed by atoms with Crippen molar-refractivity contribution in [3.63, 3.8) is 0 Å². The van der Waals surface area contributed by atoms with Gasteiger partial charge in [0, 0.05) is 25.8 Å². The first-order valence-corrected chi connectivity index (χ1v) is 6.56. The fraction of sp³-hybridized carbons (Fsp3) is 0.571. The molecule has 4 nitrogen and oxygen atoms in total. The van der Waals surface area contributed by atoms with E-state index in [1.165, 1.54) is 19.4 Å². The minimum absolute atomic E-state index is 0.515. The summed E-state index contributed by atoms with van der Waals surface area (Å²) in [5, 5.41) is 9.08. The van der Waals surface area contributed by atoms with E-state index in [0.29, 0.717) is 11.7 Å². The first kappa shape index (κ1) is 12.8. The summed E-state index contributed by atoms with van der Waals surface area (Å²) in [5.74, 6) is 0. The molecule has 0 saturated carbocycles. The molecule has 2 heterocycles. The zero-order chi connectivity index (χ0) is 13.0. The first-order chi connectivity index (χ1) is 8.76. The normalized spacial score (nSPS) is 19.7. The van der Waals surface area contributed by atoms with E-state index >= 15 is 0 Å². The maximum absolute atomic E-state index is 9.08. The lowest BCUT2D eigenvalue weighted by molar-refractivity contribution is 0.270. The maximum Gasteiger partial charge on any atom is 0.163 e. The predicted octanol–water partition coefficient (Wildman–Crippen LogP) is 1.87. The monoisotopic (exact) mass is 244 g/mol. The molecule has 0 bridgehead atoms. The molecule has 0 amide bonds. The van der Waals surface area contributed by atoms with Gasteiger partial charge in [0.2, 0.25) is 0 Å². The van der Waals surface area contributed by atoms with E-state index in [4.69, 9.17) is 5.26 Å². The third-order valence-electron chi connectivity index (χ3n) is 3.69. The van der Waals surface area contributed by atoms with Crippen molar-refractivity contribution in [2.75, 3.05) is 31.6 Å². The van der Waals surface area contributed by atoms with Gasteiger partial charge >= 0.3 is 0 Å². The lowest BCUT2D eigenvalue weighted by atomic mass is 10.2. The van der Waals surface area contributed by atoms with Crippen molar-refractivity contribution in [3.05, 3.63) is 24.0 Å². The van der Waals surface area contributed by atoms with E-state index in [9.17, 15) is 0 Å². The molecule has 96 valence electrons. The van der Waals surface area contributed by atoms with E-state index in [2.05, 4.69) is 27.8 Å². The molecule has 1 aliphatic heterocycles. The summed E-state index contributed by atoms with van der Waals surface area (Å²) in [7, 11) is 2.05. The SMILES string of the molecule is CCN1CCCC1CN(C)c1cccnc1C#N. The van der Waals surface area contributed by atoms with Crippen LogP contribution in [0, 0.1) is 11.3 Å². The van der Waals surface area contributed by atoms with Crippen molar-refractivity contribution in [1.82, 2.24) is 9.88 Å². The minimum atomic E-state index is 0.515. The first-order valence-electron chi connectivity index (χ1n) is 6.56. The Morgan fingerprint density at radius 2 is 2.44 bits per heavy atom. The van der Waals surface area contributed by atoms with Gasteiger partial charge in [-0.05, 0) is 38.1 Å². The van der Waals surface area contributed by atoms with Crippen molar-refractivity contribution in [3.8, 4) is 6.07 Å². The molecule has 2 rings (SSSR count). The quantitative estimate of drug-likeness (QED) is 0.811. The van der Waals surface area contributed by atoms with E-state index in [0.717, 1.165) is 18.8 Å². The van der Waals surface area contributed by atoms with Gasteiger partial charge in [0.05, 0.1) is 5.69 Å². The van der Waals surface area contributed by atoms with E-state index < -0.39 is 0 Å². The Morgan fingerprint density at radius 1 is 1.61 bits per heavy atom. The number of aromatic nitrogens is 1. The summed E-state index contributed by atoms with van der Waals surface area (Å²) < 4.78 is 0. The fourth-order valence-corrected chi connectivity index (χ4v) is 2.72. The second kappa shape index (κ2) is 5.83. The average molecular weight is 244 g/mol. The van der Waals surface area contributed by atoms with Gasteiger partial charge in [0.1, 0.15) is 6.07 Å². The van der Waals surface area contributed by atoms with E-state index in [1.54, 1.807) is 6.20 Å². The Bertz CT molecular complexity index is 438. The van der Waals surface area contributed by atoms with Crippen LogP contribution >= 0.6 is 0 Å². The summed E-state index contributed by atoms with van der Waals surface area (Å²) in [6.45, 7) is 5.49. The summed E-state index contributed by atoms with van der Waals surface area (Å²) >= 11 is 0. The number of nitrogens with zero attached hydrogens (tertiary/aromatic N) is 4. The number of anilines is 1. The molecule has 1 unspecified atom stereocenters. The highest BCUT2D eigenvalue weighted by Gasteiger charge is 2.24. The van der Waals surface area contributed by atoms with Crippen LogP contribution < -0.4 is 4.90 Å². The molecule has 1 aliphatic rings. The fourth-order valence-electron chi connectivity index (χ4n) is 2.72. The van der Waals surface area contributed by atoms with Gasteiger partial charge in [-0.2, -0.15) is 5.26 Å². The van der Waals surface area contributed by atoms with Crippen LogP contribution in [0.2, 0.25) is 0 Å². The molecule has 0 spiro atoms. The van der Waals surface area contributed by atoms with Crippen molar-refractivity contribution < 1.29 is 0 Å². The average Bonchev–Trinajstić information content (AvgIpc) is 2.85. The van der Waals surface area contributed by atoms with Gasteiger partial charge in [-0.25, -0.2) is 4.98 Å². The Kier molecular flexibility index (Phi) is 4.16. The molecule has 1 saturated heterocycles. The van der Waals surface area contributed by atoms with Gasteiger partial charge < -0.3 is 4.90 Å². The molecular weight excluding hydrogens is 224 g/mol. The molecule has 0 radical (unpaired) electrons. The molecule has 1 aromatic rings. The van der Waals surface area contributed by atoms with Gasteiger partial charge in [-0.1, -0.05) is 6.92 Å². The van der Waals surface area contributed by atoms with Crippen molar-refractivity contribution in [1.29, 1.82) is 5.26 Å². The predicted molar refractivity (Wildman–Crippen MR) is 72.5 cm³/mol. The van der Waals surface area contributed by atoms with Crippen molar-refractivity contribution in [2.45, 2.75) is 25.8 Å². The van der Waals surface area contributed by atoms with Crippen LogP contribution in [0.15, 0.2) is 18.3 Å². The lowest BCUT2D eigenvalue weighted by Gasteiger charge is -2.29. The van der Waals surface area contributed by atoms with Gasteiger partial charge in [-0.3, -0.25) is 4.90 Å². The van der Waals surface area contributed by atoms with Crippen molar-refractivity contribution >= 4 is 5.69 Å². The molecule has 4 heteroatoms. The zero-order valence-corrected chi connectivity index (χ0v) is 11.1. The second-order valence-corrected chi connectivity index (χ2v) is 4.79. The third kappa shape index (κ3) is 2.62. The molecule has 1 aromatic heterocycles. The Morgan fingerprint density at radius 3 is 3.17 bits per heavy atom. The Balaban J connectivity index is 2.08. The van der Waals surface area contributed by atoms with E-state index in [1.807, 2.05) is 19.2 Å². The molecule has 0 N–H and O–H groups in total. The second-order valence-electron chi connectivity index (χ2n) is 4.79. The summed E-state index contributed by atoms with van der Waals surface area (Å²) in [5.41, 5.74) is 1.45. The van der Waals surface area contributed by atoms with Crippen LogP contribution in [0.1, 0.15) is 25.5 Å². The maximum atomic E-state index is 9.08. The van der Waals surface area contributed by atoms with Crippen LogP contribution in [0.25, 0.3) is 0 Å². The third-order valence-corrected chi connectivity index (χ3v) is 3.69. The summed E-state index contributed by atoms with van der Waals surface area (Å²) in [4.78, 5) is 8.79. The summed E-state index contributed by atoms with van der Waals surface area (Å²) in [6.07, 6.45) is 4.20. The van der Waals surface area contributed by atoms with Gasteiger partial charge in [-0.15, -0.1) is 0 Å². The van der Waals surface area contributed by atoms with Crippen molar-refractivity contribution in [2.24, 2.45) is 0 Å². The number of nitriles is 1. The number of pyridine rings is 1. The van der Waals surface area contributed by atoms with Crippen LogP contribution in [0.5, 0.6) is 0 Å². The van der Waals surface area contributed by atoms with Gasteiger partial charge in [0.25, 0.3) is 0 Å². The molecular formula is C14H20N4. The number of rotatable bonds is 4. The Labute approximate surface area is 109 Å². The molecule has 1 fully saturated rings. The zero-order valence-electron chi connectivity index (χ0n) is 11.1. The molecule has 0 aromatic carbocycles. The van der Waals surface area contributed by atoms with Crippen LogP contribution in [-0.4, -0.2) is 42.6 Å². The molecule has 0 aliphatic carbocycles. The summed E-state index contributed by atoms with van der Waals surface area (Å²) in [6, 6.07) is 6.62. The largest absolute Gasteiger partial charge is 0.371 e. The standard InChI is InChI=1S/C14H20N4/c1-3-18-9-5-6-12(18)11-17(2)14-7-4-8-16-13(14)10-15/h4,7-8,12H,3,5-6,9,11H2,1-2H3. The minimum Gasteiger partial charge on any atom is -0.371 e. The van der Waals surface area contributed by atoms with Crippen LogP contribution in [0.3, 0.4) is 0 Å². The Hall–Kier alpha value is -1.60. The van der Waals surface area contributed by atoms with Crippen LogP contribution in [-0.2, 0) is 0 Å². The van der Waals surface area contributed by atoms with Crippen LogP contribution in [0.4, 0.5) is 5.69 Å². The number of likely N-dealkylation sites (tertiary alicyclic amines) is 1. The van der Waals surface area contributed by atoms with E-state index in [-0.39, 0.29) is 0 Å². The highest BCUT2D eigenvalue weighted by Crippen LogP contribution is 2.21. The number of hydrogen-bond donors (Lipinski definition) is 0.